The molecule has 3 aromatic rings. The molecule has 0 aliphatic carbocycles. The van der Waals surface area contributed by atoms with Gasteiger partial charge in [-0.15, -0.1) is 0 Å². The molecule has 0 bridgehead atoms. The molecule has 0 saturated heterocycles. The molecule has 0 aliphatic heterocycles. The van der Waals surface area contributed by atoms with Gasteiger partial charge in [0.05, 0.1) is 22.4 Å². The third kappa shape index (κ3) is 2.58. The summed E-state index contributed by atoms with van der Waals surface area (Å²) in [7, 11) is 1.48. The number of aromatic amines is 1. The summed E-state index contributed by atoms with van der Waals surface area (Å²) in [6.45, 7) is 2.08. The van der Waals surface area contributed by atoms with Crippen molar-refractivity contribution in [1.82, 2.24) is 19.7 Å². The molecule has 0 aromatic carbocycles. The van der Waals surface area contributed by atoms with Crippen LogP contribution in [0.5, 0.6) is 0 Å². The molecule has 22 heavy (non-hydrogen) atoms. The monoisotopic (exact) mass is 308 g/mol. The number of pyridine rings is 1. The fraction of sp³-hybridized carbons (Fsp3) is 0.333. The average Bonchev–Trinajstić information content (AvgIpc) is 3.00. The third-order valence-electron chi connectivity index (χ3n) is 3.48. The first kappa shape index (κ1) is 14.6. The van der Waals surface area contributed by atoms with Crippen molar-refractivity contribution in [2.75, 3.05) is 0 Å². The zero-order valence-electron chi connectivity index (χ0n) is 12.2. The predicted octanol–water partition coefficient (Wildman–Crippen LogP) is 3.93. The minimum absolute atomic E-state index is 0.340. The number of hydrogen-bond acceptors (Lipinski definition) is 2. The topological polar surface area (TPSA) is 46.5 Å². The number of nitrogens with one attached hydrogen (secondary N) is 1. The van der Waals surface area contributed by atoms with Crippen LogP contribution in [-0.2, 0) is 19.6 Å². The first-order chi connectivity index (χ1) is 10.4. The van der Waals surface area contributed by atoms with Crippen LogP contribution in [0.2, 0.25) is 0 Å². The summed E-state index contributed by atoms with van der Waals surface area (Å²) in [6.07, 6.45) is -2.53. The molecule has 0 fully saturated rings. The Morgan fingerprint density at radius 1 is 1.23 bits per heavy atom. The Morgan fingerprint density at radius 2 is 2.00 bits per heavy atom. The number of rotatable bonds is 3. The van der Waals surface area contributed by atoms with E-state index in [2.05, 4.69) is 22.0 Å². The highest BCUT2D eigenvalue weighted by molar-refractivity contribution is 5.79. The molecule has 0 radical (unpaired) electrons. The van der Waals surface area contributed by atoms with Gasteiger partial charge >= 0.3 is 6.18 Å². The fourth-order valence-corrected chi connectivity index (χ4v) is 2.46. The van der Waals surface area contributed by atoms with Crippen molar-refractivity contribution in [2.24, 2.45) is 7.05 Å². The number of alkyl halides is 3. The Kier molecular flexibility index (Phi) is 3.42. The van der Waals surface area contributed by atoms with Crippen molar-refractivity contribution < 1.29 is 13.2 Å². The van der Waals surface area contributed by atoms with Crippen LogP contribution in [-0.4, -0.2) is 19.7 Å². The van der Waals surface area contributed by atoms with Crippen molar-refractivity contribution >= 4 is 11.0 Å². The Labute approximate surface area is 125 Å². The van der Waals surface area contributed by atoms with Crippen LogP contribution in [0.25, 0.3) is 22.4 Å². The first-order valence-electron chi connectivity index (χ1n) is 6.98. The standard InChI is InChI=1S/C15H15F3N4/c1-3-4-9-7-12-10(19-9)5-6-11(20-12)13-8-14(15(16,17)18)21-22(13)2/h5-8,19H,3-4H2,1-2H3. The second-order valence-electron chi connectivity index (χ2n) is 5.21. The highest BCUT2D eigenvalue weighted by Gasteiger charge is 2.34. The molecule has 0 amide bonds. The van der Waals surface area contributed by atoms with E-state index in [9.17, 15) is 13.2 Å². The maximum Gasteiger partial charge on any atom is 0.435 e. The lowest BCUT2D eigenvalue weighted by atomic mass is 10.2. The van der Waals surface area contributed by atoms with Crippen molar-refractivity contribution in [3.8, 4) is 11.4 Å². The SMILES string of the molecule is CCCc1cc2nc(-c3cc(C(F)(F)F)nn3C)ccc2[nH]1. The number of aromatic nitrogens is 4. The van der Waals surface area contributed by atoms with Crippen LogP contribution < -0.4 is 0 Å². The van der Waals surface area contributed by atoms with Gasteiger partial charge in [0.1, 0.15) is 0 Å². The second-order valence-corrected chi connectivity index (χ2v) is 5.21. The van der Waals surface area contributed by atoms with Gasteiger partial charge in [0, 0.05) is 12.7 Å². The minimum Gasteiger partial charge on any atom is -0.357 e. The molecule has 3 heterocycles. The van der Waals surface area contributed by atoms with Gasteiger partial charge in [-0.3, -0.25) is 4.68 Å². The number of aryl methyl sites for hydroxylation is 2. The summed E-state index contributed by atoms with van der Waals surface area (Å²) in [5.41, 5.74) is 2.60. The van der Waals surface area contributed by atoms with Crippen LogP contribution in [0.4, 0.5) is 13.2 Å². The zero-order valence-corrected chi connectivity index (χ0v) is 12.2. The first-order valence-corrected chi connectivity index (χ1v) is 6.98. The predicted molar refractivity (Wildman–Crippen MR) is 77.3 cm³/mol. The third-order valence-corrected chi connectivity index (χ3v) is 3.48. The van der Waals surface area contributed by atoms with Crippen molar-refractivity contribution in [1.29, 1.82) is 0 Å². The summed E-state index contributed by atoms with van der Waals surface area (Å²) in [5.74, 6) is 0. The van der Waals surface area contributed by atoms with Gasteiger partial charge in [-0.1, -0.05) is 13.3 Å². The molecular weight excluding hydrogens is 293 g/mol. The van der Waals surface area contributed by atoms with Crippen LogP contribution in [0.1, 0.15) is 24.7 Å². The highest BCUT2D eigenvalue weighted by Crippen LogP contribution is 2.31. The lowest BCUT2D eigenvalue weighted by molar-refractivity contribution is -0.141. The molecule has 0 saturated carbocycles. The number of fused-ring (bicyclic) bond motifs is 1. The van der Waals surface area contributed by atoms with Gasteiger partial charge in [0.2, 0.25) is 0 Å². The van der Waals surface area contributed by atoms with Gasteiger partial charge in [0.15, 0.2) is 5.69 Å². The fourth-order valence-electron chi connectivity index (χ4n) is 2.46. The molecular formula is C15H15F3N4. The van der Waals surface area contributed by atoms with Gasteiger partial charge in [-0.05, 0) is 30.7 Å². The highest BCUT2D eigenvalue weighted by atomic mass is 19.4. The number of H-pyrrole nitrogens is 1. The smallest absolute Gasteiger partial charge is 0.357 e. The Bertz CT molecular complexity index is 814. The van der Waals surface area contributed by atoms with E-state index in [1.807, 2.05) is 12.1 Å². The summed E-state index contributed by atoms with van der Waals surface area (Å²) in [4.78, 5) is 7.70. The molecule has 7 heteroatoms. The average molecular weight is 308 g/mol. The normalized spacial score (nSPS) is 12.2. The summed E-state index contributed by atoms with van der Waals surface area (Å²) >= 11 is 0. The van der Waals surface area contributed by atoms with Crippen molar-refractivity contribution in [2.45, 2.75) is 25.9 Å². The molecule has 3 rings (SSSR count). The maximum atomic E-state index is 12.7. The molecule has 116 valence electrons. The summed E-state index contributed by atoms with van der Waals surface area (Å²) in [5, 5.41) is 3.52. The van der Waals surface area contributed by atoms with Crippen LogP contribution >= 0.6 is 0 Å². The van der Waals surface area contributed by atoms with E-state index in [0.717, 1.165) is 35.6 Å². The van der Waals surface area contributed by atoms with Crippen molar-refractivity contribution in [3.63, 3.8) is 0 Å². The Balaban J connectivity index is 2.04. The molecule has 0 spiro atoms. The molecule has 1 N–H and O–H groups in total. The van der Waals surface area contributed by atoms with E-state index in [-0.39, 0.29) is 0 Å². The lowest BCUT2D eigenvalue weighted by Gasteiger charge is -2.00. The quantitative estimate of drug-likeness (QED) is 0.796. The summed E-state index contributed by atoms with van der Waals surface area (Å²) < 4.78 is 39.4. The largest absolute Gasteiger partial charge is 0.435 e. The van der Waals surface area contributed by atoms with E-state index in [0.29, 0.717) is 11.4 Å². The number of nitrogens with zero attached hydrogens (tertiary/aromatic N) is 3. The van der Waals surface area contributed by atoms with E-state index >= 15 is 0 Å². The van der Waals surface area contributed by atoms with E-state index in [1.54, 1.807) is 6.07 Å². The Morgan fingerprint density at radius 3 is 2.64 bits per heavy atom. The van der Waals surface area contributed by atoms with Crippen molar-refractivity contribution in [3.05, 3.63) is 35.7 Å². The molecule has 0 atom stereocenters. The van der Waals surface area contributed by atoms with Crippen LogP contribution in [0.15, 0.2) is 24.3 Å². The van der Waals surface area contributed by atoms with Gasteiger partial charge < -0.3 is 4.98 Å². The van der Waals surface area contributed by atoms with Crippen LogP contribution in [0, 0.1) is 0 Å². The second kappa shape index (κ2) is 5.15. The molecule has 3 aromatic heterocycles. The van der Waals surface area contributed by atoms with Crippen LogP contribution in [0.3, 0.4) is 0 Å². The summed E-state index contributed by atoms with van der Waals surface area (Å²) in [6, 6.07) is 6.49. The number of hydrogen-bond donors (Lipinski definition) is 1. The van der Waals surface area contributed by atoms with E-state index < -0.39 is 11.9 Å². The minimum atomic E-state index is -4.46. The molecule has 0 unspecified atom stereocenters. The maximum absolute atomic E-state index is 12.7. The molecule has 4 nitrogen and oxygen atoms in total. The lowest BCUT2D eigenvalue weighted by Crippen LogP contribution is -2.06. The number of halogens is 3. The van der Waals surface area contributed by atoms with E-state index in [1.165, 1.54) is 11.7 Å². The van der Waals surface area contributed by atoms with Gasteiger partial charge in [-0.2, -0.15) is 18.3 Å². The van der Waals surface area contributed by atoms with E-state index in [4.69, 9.17) is 0 Å². The van der Waals surface area contributed by atoms with Gasteiger partial charge in [0.25, 0.3) is 0 Å². The zero-order chi connectivity index (χ0) is 15.9. The molecule has 0 aliphatic rings. The van der Waals surface area contributed by atoms with Gasteiger partial charge in [-0.25, -0.2) is 4.98 Å². The Hall–Kier alpha value is -2.31.